The third kappa shape index (κ3) is 5.56. The number of halogens is 2. The van der Waals surface area contributed by atoms with E-state index in [1.165, 1.54) is 5.56 Å². The second kappa shape index (κ2) is 9.96. The highest BCUT2D eigenvalue weighted by Crippen LogP contribution is 2.36. The maximum atomic E-state index is 15.3. The molecule has 1 aliphatic heterocycles. The highest BCUT2D eigenvalue weighted by Gasteiger charge is 2.24. The molecule has 0 unspecified atom stereocenters. The van der Waals surface area contributed by atoms with Gasteiger partial charge in [0.25, 0.3) is 0 Å². The lowest BCUT2D eigenvalue weighted by molar-refractivity contribution is 0.0278. The summed E-state index contributed by atoms with van der Waals surface area (Å²) in [6.07, 6.45) is 1.72. The third-order valence-electron chi connectivity index (χ3n) is 6.42. The number of hydrogen-bond donors (Lipinski definition) is 1. The van der Waals surface area contributed by atoms with Crippen molar-refractivity contribution >= 4 is 28.6 Å². The number of nitrogens with zero attached hydrogens (tertiary/aromatic N) is 2. The fourth-order valence-corrected chi connectivity index (χ4v) is 4.72. The average molecular weight is 486 g/mol. The van der Waals surface area contributed by atoms with E-state index >= 15 is 4.39 Å². The quantitative estimate of drug-likeness (QED) is 0.438. The molecule has 7 heteroatoms. The minimum Gasteiger partial charge on any atom is -0.444 e. The zero-order valence-corrected chi connectivity index (χ0v) is 21.1. The fourth-order valence-electron chi connectivity index (χ4n) is 4.49. The Labute approximate surface area is 205 Å². The summed E-state index contributed by atoms with van der Waals surface area (Å²) in [7, 11) is 1.78. The molecule has 182 valence electrons. The first-order valence-corrected chi connectivity index (χ1v) is 12.2. The first kappa shape index (κ1) is 24.6. The highest BCUT2D eigenvalue weighted by atomic mass is 35.5. The third-order valence-corrected chi connectivity index (χ3v) is 6.75. The van der Waals surface area contributed by atoms with Crippen LogP contribution in [-0.2, 0) is 4.74 Å². The van der Waals surface area contributed by atoms with Gasteiger partial charge < -0.3 is 19.5 Å². The van der Waals surface area contributed by atoms with Gasteiger partial charge in [-0.1, -0.05) is 35.9 Å². The Kier molecular flexibility index (Phi) is 7.20. The number of likely N-dealkylation sites (N-methyl/N-ethyl adjacent to an activating group) is 1. The number of H-pyrrole nitrogens is 1. The lowest BCUT2D eigenvalue weighted by Gasteiger charge is -2.33. The summed E-state index contributed by atoms with van der Waals surface area (Å²) in [5.74, 6) is 0.134. The van der Waals surface area contributed by atoms with E-state index in [0.717, 1.165) is 38.0 Å². The molecule has 1 aliphatic rings. The molecule has 3 aromatic rings. The van der Waals surface area contributed by atoms with Crippen molar-refractivity contribution in [3.63, 3.8) is 0 Å². The van der Waals surface area contributed by atoms with Crippen LogP contribution in [0.3, 0.4) is 0 Å². The van der Waals surface area contributed by atoms with Crippen molar-refractivity contribution < 1.29 is 13.9 Å². The van der Waals surface area contributed by atoms with Gasteiger partial charge in [-0.2, -0.15) is 0 Å². The topological polar surface area (TPSA) is 48.6 Å². The van der Waals surface area contributed by atoms with E-state index in [0.29, 0.717) is 34.1 Å². The molecule has 0 aliphatic carbocycles. The minimum atomic E-state index is -0.488. The van der Waals surface area contributed by atoms with E-state index in [1.807, 2.05) is 51.1 Å². The molecule has 0 radical (unpaired) electrons. The summed E-state index contributed by atoms with van der Waals surface area (Å²) in [5, 5.41) is 1.13. The molecule has 0 atom stereocenters. The van der Waals surface area contributed by atoms with Crippen molar-refractivity contribution in [2.75, 3.05) is 33.2 Å². The number of fused-ring (bicyclic) bond motifs is 1. The predicted molar refractivity (Wildman–Crippen MR) is 136 cm³/mol. The largest absolute Gasteiger partial charge is 0.444 e. The van der Waals surface area contributed by atoms with Crippen molar-refractivity contribution in [3.8, 4) is 11.3 Å². The number of carbonyl (C=O) groups is 1. The summed E-state index contributed by atoms with van der Waals surface area (Å²) in [4.78, 5) is 19.4. The minimum absolute atomic E-state index is 0.257. The first-order chi connectivity index (χ1) is 16.1. The second-order valence-corrected chi connectivity index (χ2v) is 10.5. The number of rotatable bonds is 5. The average Bonchev–Trinajstić information content (AvgIpc) is 3.12. The number of aromatic amines is 1. The zero-order valence-electron chi connectivity index (χ0n) is 20.3. The van der Waals surface area contributed by atoms with E-state index in [-0.39, 0.29) is 11.9 Å². The van der Waals surface area contributed by atoms with Gasteiger partial charge in [-0.25, -0.2) is 9.18 Å². The van der Waals surface area contributed by atoms with Crippen molar-refractivity contribution in [1.82, 2.24) is 14.8 Å². The Balaban J connectivity index is 1.37. The van der Waals surface area contributed by atoms with Gasteiger partial charge in [0, 0.05) is 41.6 Å². The van der Waals surface area contributed by atoms with Gasteiger partial charge in [0.05, 0.1) is 5.69 Å². The van der Waals surface area contributed by atoms with Crippen LogP contribution in [0.4, 0.5) is 9.18 Å². The summed E-state index contributed by atoms with van der Waals surface area (Å²) >= 11 is 6.30. The molecule has 2 aromatic carbocycles. The van der Waals surface area contributed by atoms with E-state index < -0.39 is 5.60 Å². The van der Waals surface area contributed by atoms with Crippen LogP contribution in [0.25, 0.3) is 22.2 Å². The molecule has 1 N–H and O–H groups in total. The number of benzene rings is 2. The molecule has 1 aromatic heterocycles. The van der Waals surface area contributed by atoms with Gasteiger partial charge in [0.2, 0.25) is 0 Å². The molecule has 1 fully saturated rings. The van der Waals surface area contributed by atoms with Gasteiger partial charge in [-0.05, 0) is 76.4 Å². The maximum absolute atomic E-state index is 15.3. The van der Waals surface area contributed by atoms with Gasteiger partial charge in [-0.15, -0.1) is 0 Å². The van der Waals surface area contributed by atoms with Crippen LogP contribution in [-0.4, -0.2) is 59.7 Å². The van der Waals surface area contributed by atoms with Gasteiger partial charge in [0.15, 0.2) is 5.82 Å². The summed E-state index contributed by atoms with van der Waals surface area (Å²) < 4.78 is 20.7. The van der Waals surface area contributed by atoms with Crippen LogP contribution < -0.4 is 0 Å². The van der Waals surface area contributed by atoms with Gasteiger partial charge >= 0.3 is 6.09 Å². The van der Waals surface area contributed by atoms with Crippen molar-refractivity contribution in [2.45, 2.75) is 45.1 Å². The molecule has 34 heavy (non-hydrogen) atoms. The molecule has 4 rings (SSSR count). The standard InChI is InChI=1S/C27H33ClFN3O2/c1-27(2,3)34-26(33)31(4)15-16-32-13-11-18(12-14-32)19-9-10-23-21(17-19)24(29)25(30-23)20-7-5-6-8-22(20)28/h5-10,17-18,30H,11-16H2,1-4H3. The first-order valence-electron chi connectivity index (χ1n) is 11.8. The Morgan fingerprint density at radius 2 is 1.91 bits per heavy atom. The number of amides is 1. The number of ether oxygens (including phenoxy) is 1. The summed E-state index contributed by atoms with van der Waals surface area (Å²) in [5.41, 5.74) is 2.56. The SMILES string of the molecule is CN(CCN1CCC(c2ccc3[nH]c(-c4ccccc4Cl)c(F)c3c2)CC1)C(=O)OC(C)(C)C. The number of aromatic nitrogens is 1. The van der Waals surface area contributed by atoms with E-state index in [4.69, 9.17) is 16.3 Å². The molecule has 0 bridgehead atoms. The number of carbonyl (C=O) groups excluding carboxylic acids is 1. The number of piperidine rings is 1. The molecular formula is C27H33ClFN3O2. The monoisotopic (exact) mass is 485 g/mol. The highest BCUT2D eigenvalue weighted by molar-refractivity contribution is 6.33. The second-order valence-electron chi connectivity index (χ2n) is 10.1. The van der Waals surface area contributed by atoms with Crippen LogP contribution in [0.1, 0.15) is 45.1 Å². The molecule has 0 saturated carbocycles. The summed E-state index contributed by atoms with van der Waals surface area (Å²) in [6.45, 7) is 8.96. The van der Waals surface area contributed by atoms with Crippen molar-refractivity contribution in [1.29, 1.82) is 0 Å². The molecule has 1 saturated heterocycles. The Morgan fingerprint density at radius 1 is 1.21 bits per heavy atom. The fraction of sp³-hybridized carbons (Fsp3) is 0.444. The Hall–Kier alpha value is -2.57. The number of likely N-dealkylation sites (tertiary alicyclic amines) is 1. The van der Waals surface area contributed by atoms with Crippen molar-refractivity contribution in [3.05, 3.63) is 58.9 Å². The van der Waals surface area contributed by atoms with Crippen LogP contribution in [0.15, 0.2) is 42.5 Å². The smallest absolute Gasteiger partial charge is 0.410 e. The Bertz CT molecular complexity index is 1160. The molecule has 1 amide bonds. The van der Waals surface area contributed by atoms with Crippen LogP contribution >= 0.6 is 11.6 Å². The lowest BCUT2D eigenvalue weighted by atomic mass is 9.89. The van der Waals surface area contributed by atoms with E-state index in [1.54, 1.807) is 18.0 Å². The van der Waals surface area contributed by atoms with Crippen LogP contribution in [0, 0.1) is 5.82 Å². The molecular weight excluding hydrogens is 453 g/mol. The predicted octanol–water partition coefficient (Wildman–Crippen LogP) is 6.67. The molecule has 0 spiro atoms. The van der Waals surface area contributed by atoms with Gasteiger partial charge in [-0.3, -0.25) is 0 Å². The Morgan fingerprint density at radius 3 is 2.59 bits per heavy atom. The van der Waals surface area contributed by atoms with E-state index in [9.17, 15) is 4.79 Å². The lowest BCUT2D eigenvalue weighted by Crippen LogP contribution is -2.41. The molecule has 2 heterocycles. The maximum Gasteiger partial charge on any atom is 0.410 e. The number of nitrogens with one attached hydrogen (secondary N) is 1. The van der Waals surface area contributed by atoms with E-state index in [2.05, 4.69) is 16.0 Å². The van der Waals surface area contributed by atoms with Crippen molar-refractivity contribution in [2.24, 2.45) is 0 Å². The van der Waals surface area contributed by atoms with Crippen LogP contribution in [0.2, 0.25) is 5.02 Å². The number of hydrogen-bond acceptors (Lipinski definition) is 3. The molecule has 5 nitrogen and oxygen atoms in total. The van der Waals surface area contributed by atoms with Gasteiger partial charge in [0.1, 0.15) is 5.60 Å². The van der Waals surface area contributed by atoms with Crippen LogP contribution in [0.5, 0.6) is 0 Å². The summed E-state index contributed by atoms with van der Waals surface area (Å²) in [6, 6.07) is 13.3. The zero-order chi connectivity index (χ0) is 24.5. The normalized spacial score (nSPS) is 15.6.